The molecule has 0 spiro atoms. The highest BCUT2D eigenvalue weighted by Crippen LogP contribution is 2.31. The summed E-state index contributed by atoms with van der Waals surface area (Å²) in [5, 5.41) is 0. The van der Waals surface area contributed by atoms with Crippen LogP contribution in [0.15, 0.2) is 18.2 Å². The number of nitrogens with zero attached hydrogens (tertiary/aromatic N) is 2. The second kappa shape index (κ2) is 5.02. The van der Waals surface area contributed by atoms with Crippen LogP contribution < -0.4 is 10.5 Å². The zero-order valence-corrected chi connectivity index (χ0v) is 12.1. The van der Waals surface area contributed by atoms with E-state index in [2.05, 4.69) is 11.1 Å². The van der Waals surface area contributed by atoms with Gasteiger partial charge in [0.15, 0.2) is 5.82 Å². The molecule has 4 rings (SSSR count). The number of rotatable bonds is 1. The molecule has 0 fully saturated rings. The summed E-state index contributed by atoms with van der Waals surface area (Å²) in [6.45, 7) is 0.770. The van der Waals surface area contributed by atoms with E-state index in [1.807, 2.05) is 12.1 Å². The Bertz CT molecular complexity index is 697. The minimum Gasteiger partial charge on any atom is -0.493 e. The van der Waals surface area contributed by atoms with Gasteiger partial charge >= 0.3 is 0 Å². The van der Waals surface area contributed by atoms with E-state index in [4.69, 9.17) is 15.5 Å². The van der Waals surface area contributed by atoms with Crippen molar-refractivity contribution in [2.24, 2.45) is 0 Å². The number of fused-ring (bicyclic) bond motifs is 2. The zero-order valence-electron chi connectivity index (χ0n) is 12.1. The van der Waals surface area contributed by atoms with E-state index in [-0.39, 0.29) is 0 Å². The molecule has 4 nitrogen and oxygen atoms in total. The molecule has 1 aliphatic heterocycles. The third-order valence-electron chi connectivity index (χ3n) is 4.41. The third kappa shape index (κ3) is 2.24. The van der Waals surface area contributed by atoms with E-state index < -0.39 is 0 Å². The first-order valence-corrected chi connectivity index (χ1v) is 7.72. The van der Waals surface area contributed by atoms with E-state index in [1.54, 1.807) is 0 Å². The van der Waals surface area contributed by atoms with Gasteiger partial charge in [-0.05, 0) is 49.4 Å². The first-order chi connectivity index (χ1) is 10.3. The molecule has 2 heterocycles. The lowest BCUT2D eigenvalue weighted by molar-refractivity contribution is 0.357. The van der Waals surface area contributed by atoms with E-state index >= 15 is 0 Å². The summed E-state index contributed by atoms with van der Waals surface area (Å²) in [7, 11) is 0. The summed E-state index contributed by atoms with van der Waals surface area (Å²) in [5.41, 5.74) is 10.8. The SMILES string of the molecule is Nc1nc(-c2ccc3c(c2)CCO3)nc2c1CCCCC2. The fourth-order valence-corrected chi connectivity index (χ4v) is 3.25. The molecule has 108 valence electrons. The van der Waals surface area contributed by atoms with Crippen LogP contribution >= 0.6 is 0 Å². The Morgan fingerprint density at radius 3 is 2.86 bits per heavy atom. The molecule has 2 aromatic rings. The van der Waals surface area contributed by atoms with Crippen molar-refractivity contribution in [1.82, 2.24) is 9.97 Å². The first kappa shape index (κ1) is 12.6. The highest BCUT2D eigenvalue weighted by atomic mass is 16.5. The molecule has 0 saturated carbocycles. The molecule has 0 saturated heterocycles. The molecule has 1 aromatic carbocycles. The van der Waals surface area contributed by atoms with Crippen LogP contribution in [0, 0.1) is 0 Å². The van der Waals surface area contributed by atoms with Gasteiger partial charge in [0.1, 0.15) is 11.6 Å². The lowest BCUT2D eigenvalue weighted by Gasteiger charge is -2.11. The fraction of sp³-hybridized carbons (Fsp3) is 0.412. The van der Waals surface area contributed by atoms with Gasteiger partial charge in [-0.2, -0.15) is 0 Å². The summed E-state index contributed by atoms with van der Waals surface area (Å²) in [4.78, 5) is 9.35. The van der Waals surface area contributed by atoms with Gasteiger partial charge in [-0.3, -0.25) is 0 Å². The molecule has 0 radical (unpaired) electrons. The van der Waals surface area contributed by atoms with E-state index in [1.165, 1.54) is 30.4 Å². The summed E-state index contributed by atoms with van der Waals surface area (Å²) in [5.74, 6) is 2.40. The predicted octanol–water partition coefficient (Wildman–Crippen LogP) is 2.93. The van der Waals surface area contributed by atoms with E-state index in [9.17, 15) is 0 Å². The van der Waals surface area contributed by atoms with Gasteiger partial charge in [0.05, 0.1) is 6.61 Å². The molecule has 0 bridgehead atoms. The fourth-order valence-electron chi connectivity index (χ4n) is 3.25. The Hall–Kier alpha value is -2.10. The molecular formula is C17H19N3O. The number of aromatic nitrogens is 2. The number of ether oxygens (including phenoxy) is 1. The molecular weight excluding hydrogens is 262 g/mol. The van der Waals surface area contributed by atoms with Gasteiger partial charge in [0, 0.05) is 23.2 Å². The van der Waals surface area contributed by atoms with Crippen molar-refractivity contribution in [2.75, 3.05) is 12.3 Å². The maximum absolute atomic E-state index is 6.19. The zero-order chi connectivity index (χ0) is 14.2. The summed E-state index contributed by atoms with van der Waals surface area (Å²) in [6.07, 6.45) is 6.63. The van der Waals surface area contributed by atoms with Crippen LogP contribution in [-0.2, 0) is 19.3 Å². The van der Waals surface area contributed by atoms with Crippen molar-refractivity contribution in [3.63, 3.8) is 0 Å². The van der Waals surface area contributed by atoms with Crippen molar-refractivity contribution >= 4 is 5.82 Å². The molecule has 1 aliphatic carbocycles. The topological polar surface area (TPSA) is 61.0 Å². The number of benzene rings is 1. The smallest absolute Gasteiger partial charge is 0.161 e. The highest BCUT2D eigenvalue weighted by Gasteiger charge is 2.18. The number of nitrogens with two attached hydrogens (primary N) is 1. The largest absolute Gasteiger partial charge is 0.493 e. The first-order valence-electron chi connectivity index (χ1n) is 7.72. The van der Waals surface area contributed by atoms with Crippen molar-refractivity contribution in [2.45, 2.75) is 38.5 Å². The standard InChI is InChI=1S/C17H19N3O/c18-16-13-4-2-1-3-5-14(13)19-17(20-16)12-6-7-15-11(10-12)8-9-21-15/h6-7,10H,1-5,8-9H2,(H2,18,19,20). The number of anilines is 1. The van der Waals surface area contributed by atoms with Gasteiger partial charge in [-0.25, -0.2) is 9.97 Å². The lowest BCUT2D eigenvalue weighted by Crippen LogP contribution is -2.06. The molecule has 0 unspecified atom stereocenters. The monoisotopic (exact) mass is 281 g/mol. The number of hydrogen-bond donors (Lipinski definition) is 1. The van der Waals surface area contributed by atoms with Crippen molar-refractivity contribution in [3.05, 3.63) is 35.0 Å². The predicted molar refractivity (Wildman–Crippen MR) is 82.3 cm³/mol. The van der Waals surface area contributed by atoms with Crippen LogP contribution in [0.1, 0.15) is 36.1 Å². The molecule has 0 atom stereocenters. The number of aryl methyl sites for hydroxylation is 1. The molecule has 0 amide bonds. The minimum atomic E-state index is 0.661. The average Bonchev–Trinajstić information content (AvgIpc) is 2.83. The summed E-state index contributed by atoms with van der Waals surface area (Å²) >= 11 is 0. The Kier molecular flexibility index (Phi) is 3.02. The quantitative estimate of drug-likeness (QED) is 0.816. The Morgan fingerprint density at radius 1 is 1.00 bits per heavy atom. The van der Waals surface area contributed by atoms with Crippen molar-refractivity contribution < 1.29 is 4.74 Å². The van der Waals surface area contributed by atoms with Crippen LogP contribution in [0.5, 0.6) is 5.75 Å². The van der Waals surface area contributed by atoms with Gasteiger partial charge in [-0.15, -0.1) is 0 Å². The molecule has 1 aromatic heterocycles. The summed E-state index contributed by atoms with van der Waals surface area (Å²) < 4.78 is 5.55. The van der Waals surface area contributed by atoms with Crippen molar-refractivity contribution in [1.29, 1.82) is 0 Å². The highest BCUT2D eigenvalue weighted by molar-refractivity contribution is 5.62. The normalized spacial score (nSPS) is 16.8. The Balaban J connectivity index is 1.78. The third-order valence-corrected chi connectivity index (χ3v) is 4.41. The van der Waals surface area contributed by atoms with Crippen LogP contribution in [-0.4, -0.2) is 16.6 Å². The van der Waals surface area contributed by atoms with Crippen LogP contribution in [0.25, 0.3) is 11.4 Å². The molecule has 2 N–H and O–H groups in total. The van der Waals surface area contributed by atoms with Gasteiger partial charge < -0.3 is 10.5 Å². The van der Waals surface area contributed by atoms with Crippen molar-refractivity contribution in [3.8, 4) is 17.1 Å². The van der Waals surface area contributed by atoms with E-state index in [0.717, 1.165) is 48.7 Å². The Morgan fingerprint density at radius 2 is 1.90 bits per heavy atom. The minimum absolute atomic E-state index is 0.661. The maximum Gasteiger partial charge on any atom is 0.161 e. The van der Waals surface area contributed by atoms with E-state index in [0.29, 0.717) is 5.82 Å². The second-order valence-electron chi connectivity index (χ2n) is 5.84. The Labute approximate surface area is 124 Å². The van der Waals surface area contributed by atoms with Gasteiger partial charge in [0.25, 0.3) is 0 Å². The lowest BCUT2D eigenvalue weighted by atomic mass is 10.1. The number of nitrogen functional groups attached to an aromatic ring is 1. The maximum atomic E-state index is 6.19. The number of hydrogen-bond acceptors (Lipinski definition) is 4. The van der Waals surface area contributed by atoms with Gasteiger partial charge in [0.2, 0.25) is 0 Å². The van der Waals surface area contributed by atoms with Gasteiger partial charge in [-0.1, -0.05) is 6.42 Å². The summed E-state index contributed by atoms with van der Waals surface area (Å²) in [6, 6.07) is 6.19. The van der Waals surface area contributed by atoms with Crippen LogP contribution in [0.4, 0.5) is 5.82 Å². The molecule has 21 heavy (non-hydrogen) atoms. The average molecular weight is 281 g/mol. The van der Waals surface area contributed by atoms with Crippen LogP contribution in [0.3, 0.4) is 0 Å². The molecule has 4 heteroatoms. The molecule has 2 aliphatic rings. The van der Waals surface area contributed by atoms with Crippen LogP contribution in [0.2, 0.25) is 0 Å². The second-order valence-corrected chi connectivity index (χ2v) is 5.84.